The van der Waals surface area contributed by atoms with Gasteiger partial charge < -0.3 is 19.9 Å². The summed E-state index contributed by atoms with van der Waals surface area (Å²) < 4.78 is 5.63. The number of ether oxygens (including phenoxy) is 1. The number of benzene rings is 2. The van der Waals surface area contributed by atoms with E-state index < -0.39 is 0 Å². The van der Waals surface area contributed by atoms with Crippen LogP contribution < -0.4 is 15.0 Å². The summed E-state index contributed by atoms with van der Waals surface area (Å²) in [6.07, 6.45) is 0.116. The normalized spacial score (nSPS) is 15.2. The van der Waals surface area contributed by atoms with E-state index in [9.17, 15) is 4.79 Å². The van der Waals surface area contributed by atoms with Gasteiger partial charge in [0, 0.05) is 31.7 Å². The van der Waals surface area contributed by atoms with Gasteiger partial charge in [0.2, 0.25) is 0 Å². The van der Waals surface area contributed by atoms with Crippen molar-refractivity contribution in [1.29, 1.82) is 0 Å². The van der Waals surface area contributed by atoms with E-state index >= 15 is 0 Å². The van der Waals surface area contributed by atoms with Crippen LogP contribution in [-0.2, 0) is 0 Å². The van der Waals surface area contributed by atoms with Gasteiger partial charge in [-0.1, -0.05) is 12.1 Å². The predicted octanol–water partition coefficient (Wildman–Crippen LogP) is 3.48. The number of nitrogens with zero attached hydrogens (tertiary/aromatic N) is 2. The summed E-state index contributed by atoms with van der Waals surface area (Å²) in [7, 11) is 2.14. The Kier molecular flexibility index (Phi) is 5.78. The van der Waals surface area contributed by atoms with Gasteiger partial charge in [-0.05, 0) is 57.3 Å². The molecule has 1 heterocycles. The first-order valence-electron chi connectivity index (χ1n) is 9.13. The summed E-state index contributed by atoms with van der Waals surface area (Å²) in [5.74, 6) is 0.664. The van der Waals surface area contributed by atoms with Crippen molar-refractivity contribution in [2.45, 2.75) is 20.0 Å². The molecule has 1 amide bonds. The van der Waals surface area contributed by atoms with Crippen molar-refractivity contribution in [1.82, 2.24) is 4.90 Å². The minimum atomic E-state index is -0.109. The molecule has 2 aromatic rings. The Bertz CT molecular complexity index is 735. The first-order chi connectivity index (χ1) is 12.5. The fourth-order valence-corrected chi connectivity index (χ4v) is 3.05. The van der Waals surface area contributed by atoms with Gasteiger partial charge in [-0.3, -0.25) is 4.79 Å². The van der Waals surface area contributed by atoms with Gasteiger partial charge in [0.25, 0.3) is 5.91 Å². The molecule has 1 aliphatic rings. The highest BCUT2D eigenvalue weighted by Gasteiger charge is 2.18. The Morgan fingerprint density at radius 1 is 1.00 bits per heavy atom. The second-order valence-corrected chi connectivity index (χ2v) is 6.95. The van der Waals surface area contributed by atoms with Gasteiger partial charge in [-0.2, -0.15) is 0 Å². The minimum Gasteiger partial charge on any atom is -0.491 e. The number of rotatable bonds is 5. The van der Waals surface area contributed by atoms with Crippen molar-refractivity contribution in [3.05, 3.63) is 54.1 Å². The summed E-state index contributed by atoms with van der Waals surface area (Å²) in [6, 6.07) is 15.3. The van der Waals surface area contributed by atoms with E-state index in [1.54, 1.807) is 12.1 Å². The molecular formula is C21H27N3O2. The SMILES string of the molecule is CC(C)Oc1ccc(C(=O)Nc2ccccc2N2CCN(C)CC2)cc1. The van der Waals surface area contributed by atoms with Gasteiger partial charge in [-0.25, -0.2) is 0 Å². The zero-order valence-electron chi connectivity index (χ0n) is 15.7. The molecule has 5 nitrogen and oxygen atoms in total. The number of nitrogens with one attached hydrogen (secondary N) is 1. The van der Waals surface area contributed by atoms with Crippen LogP contribution in [0.2, 0.25) is 0 Å². The molecular weight excluding hydrogens is 326 g/mol. The van der Waals surface area contributed by atoms with Crippen molar-refractivity contribution in [2.24, 2.45) is 0 Å². The highest BCUT2D eigenvalue weighted by Crippen LogP contribution is 2.27. The Hall–Kier alpha value is -2.53. The number of piperazine rings is 1. The number of para-hydroxylation sites is 2. The van der Waals surface area contributed by atoms with Crippen molar-refractivity contribution in [3.8, 4) is 5.75 Å². The Balaban J connectivity index is 1.71. The van der Waals surface area contributed by atoms with E-state index in [2.05, 4.69) is 28.2 Å². The lowest BCUT2D eigenvalue weighted by Crippen LogP contribution is -2.44. The topological polar surface area (TPSA) is 44.8 Å². The van der Waals surface area contributed by atoms with Crippen molar-refractivity contribution >= 4 is 17.3 Å². The molecule has 1 fully saturated rings. The molecule has 0 aliphatic carbocycles. The van der Waals surface area contributed by atoms with Gasteiger partial charge in [0.05, 0.1) is 17.5 Å². The molecule has 138 valence electrons. The summed E-state index contributed by atoms with van der Waals surface area (Å²) >= 11 is 0. The molecule has 0 aromatic heterocycles. The standard InChI is InChI=1S/C21H27N3O2/c1-16(2)26-18-10-8-17(9-11-18)21(25)22-19-6-4-5-7-20(19)24-14-12-23(3)13-15-24/h4-11,16H,12-15H2,1-3H3,(H,22,25). The third kappa shape index (κ3) is 4.55. The van der Waals surface area contributed by atoms with E-state index in [1.807, 2.05) is 44.2 Å². The average molecular weight is 353 g/mol. The molecule has 1 saturated heterocycles. The first kappa shape index (κ1) is 18.3. The quantitative estimate of drug-likeness (QED) is 0.894. The van der Waals surface area contributed by atoms with Crippen LogP contribution in [0.25, 0.3) is 0 Å². The predicted molar refractivity (Wildman–Crippen MR) is 106 cm³/mol. The number of amides is 1. The highest BCUT2D eigenvalue weighted by molar-refractivity contribution is 6.06. The molecule has 1 aliphatic heterocycles. The lowest BCUT2D eigenvalue weighted by Gasteiger charge is -2.35. The summed E-state index contributed by atoms with van der Waals surface area (Å²) in [4.78, 5) is 17.3. The van der Waals surface area contributed by atoms with Crippen LogP contribution in [0.3, 0.4) is 0 Å². The van der Waals surface area contributed by atoms with E-state index in [1.165, 1.54) is 0 Å². The molecule has 0 atom stereocenters. The summed E-state index contributed by atoms with van der Waals surface area (Å²) in [5.41, 5.74) is 2.55. The van der Waals surface area contributed by atoms with E-state index in [0.717, 1.165) is 43.3 Å². The van der Waals surface area contributed by atoms with Crippen molar-refractivity contribution < 1.29 is 9.53 Å². The Morgan fingerprint density at radius 3 is 2.31 bits per heavy atom. The zero-order valence-corrected chi connectivity index (χ0v) is 15.7. The number of carbonyl (C=O) groups excluding carboxylic acids is 1. The van der Waals surface area contributed by atoms with E-state index in [-0.39, 0.29) is 12.0 Å². The molecule has 26 heavy (non-hydrogen) atoms. The van der Waals surface area contributed by atoms with Crippen LogP contribution in [0.5, 0.6) is 5.75 Å². The van der Waals surface area contributed by atoms with Crippen LogP contribution in [0.4, 0.5) is 11.4 Å². The third-order valence-electron chi connectivity index (χ3n) is 4.48. The second kappa shape index (κ2) is 8.23. The molecule has 2 aromatic carbocycles. The Morgan fingerprint density at radius 2 is 1.65 bits per heavy atom. The molecule has 0 spiro atoms. The maximum atomic E-state index is 12.7. The minimum absolute atomic E-state index is 0.109. The van der Waals surface area contributed by atoms with Gasteiger partial charge in [0.1, 0.15) is 5.75 Å². The molecule has 0 saturated carbocycles. The van der Waals surface area contributed by atoms with Crippen LogP contribution in [-0.4, -0.2) is 50.1 Å². The van der Waals surface area contributed by atoms with Gasteiger partial charge in [0.15, 0.2) is 0 Å². The molecule has 0 bridgehead atoms. The number of likely N-dealkylation sites (N-methyl/N-ethyl adjacent to an activating group) is 1. The van der Waals surface area contributed by atoms with Gasteiger partial charge >= 0.3 is 0 Å². The lowest BCUT2D eigenvalue weighted by molar-refractivity contribution is 0.102. The molecule has 5 heteroatoms. The fraction of sp³-hybridized carbons (Fsp3) is 0.381. The number of anilines is 2. The lowest BCUT2D eigenvalue weighted by atomic mass is 10.1. The summed E-state index contributed by atoms with van der Waals surface area (Å²) in [5, 5.41) is 3.06. The maximum Gasteiger partial charge on any atom is 0.255 e. The van der Waals surface area contributed by atoms with E-state index in [4.69, 9.17) is 4.74 Å². The molecule has 1 N–H and O–H groups in total. The summed E-state index contributed by atoms with van der Waals surface area (Å²) in [6.45, 7) is 7.94. The van der Waals surface area contributed by atoms with Crippen LogP contribution in [0.1, 0.15) is 24.2 Å². The van der Waals surface area contributed by atoms with Crippen molar-refractivity contribution in [3.63, 3.8) is 0 Å². The maximum absolute atomic E-state index is 12.7. The molecule has 0 unspecified atom stereocenters. The van der Waals surface area contributed by atoms with Crippen LogP contribution >= 0.6 is 0 Å². The van der Waals surface area contributed by atoms with Crippen LogP contribution in [0.15, 0.2) is 48.5 Å². The monoisotopic (exact) mass is 353 g/mol. The highest BCUT2D eigenvalue weighted by atomic mass is 16.5. The Labute approximate surface area is 155 Å². The van der Waals surface area contributed by atoms with Gasteiger partial charge in [-0.15, -0.1) is 0 Å². The number of carbonyl (C=O) groups is 1. The molecule has 0 radical (unpaired) electrons. The fourth-order valence-electron chi connectivity index (χ4n) is 3.05. The largest absolute Gasteiger partial charge is 0.491 e. The first-order valence-corrected chi connectivity index (χ1v) is 9.13. The van der Waals surface area contributed by atoms with E-state index in [0.29, 0.717) is 5.56 Å². The zero-order chi connectivity index (χ0) is 18.5. The van der Waals surface area contributed by atoms with Crippen LogP contribution in [0, 0.1) is 0 Å². The second-order valence-electron chi connectivity index (χ2n) is 6.95. The average Bonchev–Trinajstić information content (AvgIpc) is 2.63. The number of hydrogen-bond donors (Lipinski definition) is 1. The number of hydrogen-bond acceptors (Lipinski definition) is 4. The smallest absolute Gasteiger partial charge is 0.255 e. The third-order valence-corrected chi connectivity index (χ3v) is 4.48. The van der Waals surface area contributed by atoms with Crippen molar-refractivity contribution in [2.75, 3.05) is 43.4 Å². The molecule has 3 rings (SSSR count).